The number of pyridine rings is 2. The Morgan fingerprint density at radius 3 is 2.52 bits per heavy atom. The Kier molecular flexibility index (Phi) is 4.94. The van der Waals surface area contributed by atoms with Crippen LogP contribution in [0.25, 0.3) is 16.6 Å². The van der Waals surface area contributed by atoms with Crippen LogP contribution in [0.3, 0.4) is 0 Å². The molecule has 7 nitrogen and oxygen atoms in total. The standard InChI is InChI=1S/C20H19N3O4/c1-11-4-6-14(7-5-11)27-16-9-8-15-18(23-16)13(3)22-19(20(15)26)12(2)21-10-17(24)25/h4-9,21,26H,2,10H2,1,3H3,(H,24,25). The van der Waals surface area contributed by atoms with E-state index in [1.54, 1.807) is 19.1 Å². The number of carbonyl (C=O) groups is 1. The van der Waals surface area contributed by atoms with Gasteiger partial charge in [-0.25, -0.2) is 9.97 Å². The molecule has 0 fully saturated rings. The third kappa shape index (κ3) is 3.98. The van der Waals surface area contributed by atoms with Gasteiger partial charge >= 0.3 is 5.97 Å². The summed E-state index contributed by atoms with van der Waals surface area (Å²) in [6.45, 7) is 7.16. The summed E-state index contributed by atoms with van der Waals surface area (Å²) in [6, 6.07) is 10.9. The quantitative estimate of drug-likeness (QED) is 0.615. The minimum atomic E-state index is -1.03. The molecule has 138 valence electrons. The van der Waals surface area contributed by atoms with Gasteiger partial charge in [-0.05, 0) is 32.0 Å². The first-order chi connectivity index (χ1) is 12.8. The number of aromatic hydroxyl groups is 1. The second-order valence-corrected chi connectivity index (χ2v) is 6.08. The van der Waals surface area contributed by atoms with Gasteiger partial charge in [0.1, 0.15) is 18.0 Å². The highest BCUT2D eigenvalue weighted by Crippen LogP contribution is 2.33. The maximum Gasteiger partial charge on any atom is 0.322 e. The van der Waals surface area contributed by atoms with Gasteiger partial charge in [0.15, 0.2) is 5.75 Å². The van der Waals surface area contributed by atoms with Gasteiger partial charge in [-0.2, -0.15) is 0 Å². The molecule has 0 aliphatic rings. The molecule has 0 bridgehead atoms. The van der Waals surface area contributed by atoms with Gasteiger partial charge < -0.3 is 20.3 Å². The second-order valence-electron chi connectivity index (χ2n) is 6.08. The fraction of sp³-hybridized carbons (Fsp3) is 0.150. The van der Waals surface area contributed by atoms with Crippen LogP contribution in [-0.4, -0.2) is 32.7 Å². The fourth-order valence-electron chi connectivity index (χ4n) is 2.57. The third-order valence-electron chi connectivity index (χ3n) is 3.95. The summed E-state index contributed by atoms with van der Waals surface area (Å²) in [4.78, 5) is 19.4. The number of benzene rings is 1. The average Bonchev–Trinajstić information content (AvgIpc) is 2.64. The Morgan fingerprint density at radius 2 is 1.85 bits per heavy atom. The van der Waals surface area contributed by atoms with Crippen LogP contribution < -0.4 is 10.1 Å². The predicted octanol–water partition coefficient (Wildman–Crippen LogP) is 3.39. The number of hydrogen-bond acceptors (Lipinski definition) is 6. The molecule has 0 amide bonds. The molecular formula is C20H19N3O4. The SMILES string of the molecule is C=C(NCC(=O)O)c1nc(C)c2nc(Oc3ccc(C)cc3)ccc2c1O. The monoisotopic (exact) mass is 365 g/mol. The van der Waals surface area contributed by atoms with Gasteiger partial charge in [0.05, 0.1) is 16.9 Å². The highest BCUT2D eigenvalue weighted by Gasteiger charge is 2.16. The van der Waals surface area contributed by atoms with E-state index in [1.165, 1.54) is 0 Å². The van der Waals surface area contributed by atoms with Crippen molar-refractivity contribution in [3.8, 4) is 17.4 Å². The molecule has 3 rings (SSSR count). The zero-order chi connectivity index (χ0) is 19.6. The summed E-state index contributed by atoms with van der Waals surface area (Å²) in [7, 11) is 0. The maximum atomic E-state index is 10.7. The molecule has 0 saturated heterocycles. The Bertz CT molecular complexity index is 1030. The van der Waals surface area contributed by atoms with E-state index in [9.17, 15) is 9.90 Å². The first-order valence-corrected chi connectivity index (χ1v) is 8.25. The molecule has 0 atom stereocenters. The van der Waals surface area contributed by atoms with Gasteiger partial charge in [-0.15, -0.1) is 0 Å². The number of hydrogen-bond donors (Lipinski definition) is 3. The summed E-state index contributed by atoms with van der Waals surface area (Å²) >= 11 is 0. The van der Waals surface area contributed by atoms with E-state index in [-0.39, 0.29) is 23.7 Å². The lowest BCUT2D eigenvalue weighted by Gasteiger charge is -2.13. The molecule has 3 aromatic rings. The smallest absolute Gasteiger partial charge is 0.322 e. The third-order valence-corrected chi connectivity index (χ3v) is 3.95. The summed E-state index contributed by atoms with van der Waals surface area (Å²) in [5.74, 6) is -0.114. The maximum absolute atomic E-state index is 10.7. The number of rotatable bonds is 6. The molecule has 0 radical (unpaired) electrons. The van der Waals surface area contributed by atoms with Crippen molar-refractivity contribution < 1.29 is 19.7 Å². The van der Waals surface area contributed by atoms with Crippen molar-refractivity contribution in [2.24, 2.45) is 0 Å². The molecule has 3 N–H and O–H groups in total. The molecule has 2 heterocycles. The predicted molar refractivity (Wildman–Crippen MR) is 102 cm³/mol. The zero-order valence-electron chi connectivity index (χ0n) is 15.0. The number of aryl methyl sites for hydroxylation is 2. The molecule has 0 aliphatic carbocycles. The highest BCUT2D eigenvalue weighted by molar-refractivity contribution is 5.91. The van der Waals surface area contributed by atoms with Crippen LogP contribution in [0.5, 0.6) is 17.4 Å². The zero-order valence-corrected chi connectivity index (χ0v) is 15.0. The first-order valence-electron chi connectivity index (χ1n) is 8.25. The number of nitrogens with one attached hydrogen (secondary N) is 1. The van der Waals surface area contributed by atoms with Crippen LogP contribution in [0.2, 0.25) is 0 Å². The van der Waals surface area contributed by atoms with E-state index in [2.05, 4.69) is 21.9 Å². The highest BCUT2D eigenvalue weighted by atomic mass is 16.5. The minimum Gasteiger partial charge on any atom is -0.505 e. The van der Waals surface area contributed by atoms with Crippen molar-refractivity contribution >= 4 is 22.6 Å². The number of aliphatic carboxylic acids is 1. The van der Waals surface area contributed by atoms with Crippen LogP contribution >= 0.6 is 0 Å². The number of carboxylic acid groups (broad SMARTS) is 1. The number of aromatic nitrogens is 2. The molecule has 2 aromatic heterocycles. The van der Waals surface area contributed by atoms with Crippen LogP contribution in [-0.2, 0) is 4.79 Å². The lowest BCUT2D eigenvalue weighted by atomic mass is 10.1. The first kappa shape index (κ1) is 18.2. The van der Waals surface area contributed by atoms with E-state index in [1.807, 2.05) is 31.2 Å². The Hall–Kier alpha value is -3.61. The lowest BCUT2D eigenvalue weighted by molar-refractivity contribution is -0.135. The molecule has 27 heavy (non-hydrogen) atoms. The molecule has 0 spiro atoms. The van der Waals surface area contributed by atoms with E-state index in [0.29, 0.717) is 28.2 Å². The van der Waals surface area contributed by atoms with Crippen molar-refractivity contribution in [3.63, 3.8) is 0 Å². The summed E-state index contributed by atoms with van der Waals surface area (Å²) < 4.78 is 5.76. The van der Waals surface area contributed by atoms with Crippen LogP contribution in [0, 0.1) is 13.8 Å². The number of ether oxygens (including phenoxy) is 1. The van der Waals surface area contributed by atoms with Crippen molar-refractivity contribution in [2.45, 2.75) is 13.8 Å². The fourth-order valence-corrected chi connectivity index (χ4v) is 2.57. The molecule has 0 unspecified atom stereocenters. The van der Waals surface area contributed by atoms with Gasteiger partial charge in [0.2, 0.25) is 5.88 Å². The van der Waals surface area contributed by atoms with Crippen molar-refractivity contribution in [2.75, 3.05) is 6.54 Å². The molecule has 0 saturated carbocycles. The van der Waals surface area contributed by atoms with Gasteiger partial charge in [-0.3, -0.25) is 4.79 Å². The normalized spacial score (nSPS) is 10.6. The van der Waals surface area contributed by atoms with Crippen LogP contribution in [0.15, 0.2) is 43.0 Å². The Balaban J connectivity index is 1.94. The minimum absolute atomic E-state index is 0.118. The van der Waals surface area contributed by atoms with Crippen molar-refractivity contribution in [1.29, 1.82) is 0 Å². The van der Waals surface area contributed by atoms with E-state index in [0.717, 1.165) is 5.56 Å². The number of nitrogens with zero attached hydrogens (tertiary/aromatic N) is 2. The molecule has 1 aromatic carbocycles. The lowest BCUT2D eigenvalue weighted by Crippen LogP contribution is -2.21. The molecule has 7 heteroatoms. The summed E-state index contributed by atoms with van der Waals surface area (Å²) in [6.07, 6.45) is 0. The second kappa shape index (κ2) is 7.33. The number of fused-ring (bicyclic) bond motifs is 1. The van der Waals surface area contributed by atoms with E-state index >= 15 is 0 Å². The number of carboxylic acids is 1. The molecule has 0 aliphatic heterocycles. The largest absolute Gasteiger partial charge is 0.505 e. The van der Waals surface area contributed by atoms with Gasteiger partial charge in [-0.1, -0.05) is 24.3 Å². The van der Waals surface area contributed by atoms with Gasteiger partial charge in [0.25, 0.3) is 0 Å². The molecular weight excluding hydrogens is 346 g/mol. The van der Waals surface area contributed by atoms with Crippen LogP contribution in [0.1, 0.15) is 17.0 Å². The summed E-state index contributed by atoms with van der Waals surface area (Å²) in [5.41, 5.74) is 2.59. The Morgan fingerprint density at radius 1 is 1.15 bits per heavy atom. The topological polar surface area (TPSA) is 105 Å². The Labute approximate surface area is 156 Å². The summed E-state index contributed by atoms with van der Waals surface area (Å²) in [5, 5.41) is 22.4. The average molecular weight is 365 g/mol. The van der Waals surface area contributed by atoms with Crippen LogP contribution in [0.4, 0.5) is 0 Å². The van der Waals surface area contributed by atoms with Crippen molar-refractivity contribution in [3.05, 3.63) is 59.9 Å². The van der Waals surface area contributed by atoms with E-state index < -0.39 is 5.97 Å². The van der Waals surface area contributed by atoms with Gasteiger partial charge in [0, 0.05) is 11.5 Å². The van der Waals surface area contributed by atoms with Crippen molar-refractivity contribution in [1.82, 2.24) is 15.3 Å². The van der Waals surface area contributed by atoms with E-state index in [4.69, 9.17) is 9.84 Å².